The van der Waals surface area contributed by atoms with Gasteiger partial charge in [-0.2, -0.15) is 0 Å². The fourth-order valence-corrected chi connectivity index (χ4v) is 4.20. The number of halogens is 1. The predicted octanol–water partition coefficient (Wildman–Crippen LogP) is 5.16. The van der Waals surface area contributed by atoms with Crippen molar-refractivity contribution in [2.45, 2.75) is 58.0 Å². The number of benzene rings is 2. The molecule has 2 aromatic rings. The zero-order valence-corrected chi connectivity index (χ0v) is 18.6. The molecule has 0 spiro atoms. The summed E-state index contributed by atoms with van der Waals surface area (Å²) in [6.07, 6.45) is -0.191. The largest absolute Gasteiger partial charge is 0.461 e. The second-order valence-electron chi connectivity index (χ2n) is 8.02. The van der Waals surface area contributed by atoms with Crippen molar-refractivity contribution in [1.82, 2.24) is 0 Å². The van der Waals surface area contributed by atoms with Gasteiger partial charge in [-0.15, -0.1) is 0 Å². The maximum Gasteiger partial charge on any atom is 0.307 e. The molecule has 0 amide bonds. The predicted molar refractivity (Wildman–Crippen MR) is 113 cm³/mol. The van der Waals surface area contributed by atoms with Crippen LogP contribution >= 0.6 is 11.6 Å². The molecule has 2 aromatic carbocycles. The van der Waals surface area contributed by atoms with Gasteiger partial charge in [0.05, 0.1) is 17.1 Å². The van der Waals surface area contributed by atoms with Gasteiger partial charge >= 0.3 is 5.97 Å². The van der Waals surface area contributed by atoms with Gasteiger partial charge in [-0.1, -0.05) is 44.5 Å². The van der Waals surface area contributed by atoms with E-state index in [-0.39, 0.29) is 29.1 Å². The van der Waals surface area contributed by atoms with Crippen LogP contribution in [0.15, 0.2) is 41.3 Å². The van der Waals surface area contributed by atoms with Crippen LogP contribution in [0.5, 0.6) is 0 Å². The fraction of sp³-hybridized carbons (Fsp3) is 0.409. The molecule has 0 aliphatic heterocycles. The first-order chi connectivity index (χ1) is 12.9. The average molecular weight is 423 g/mol. The molecule has 0 saturated heterocycles. The van der Waals surface area contributed by atoms with Crippen molar-refractivity contribution in [2.24, 2.45) is 0 Å². The highest BCUT2D eigenvalue weighted by molar-refractivity contribution is 7.91. The number of rotatable bonds is 6. The lowest BCUT2D eigenvalue weighted by Gasteiger charge is -2.22. The molecule has 0 N–H and O–H groups in total. The second kappa shape index (κ2) is 8.66. The summed E-state index contributed by atoms with van der Waals surface area (Å²) in [5.41, 5.74) is 4.35. The normalized spacial score (nSPS) is 12.1. The molecule has 6 heteroatoms. The third-order valence-electron chi connectivity index (χ3n) is 4.69. The highest BCUT2D eigenvalue weighted by Gasteiger charge is 2.19. The molecule has 0 atom stereocenters. The number of sulfone groups is 1. The molecule has 0 heterocycles. The van der Waals surface area contributed by atoms with Crippen LogP contribution in [0.1, 0.15) is 49.4 Å². The maximum atomic E-state index is 12.3. The Kier molecular flexibility index (Phi) is 6.94. The van der Waals surface area contributed by atoms with Crippen LogP contribution in [0.2, 0.25) is 5.02 Å². The highest BCUT2D eigenvalue weighted by Crippen LogP contribution is 2.27. The zero-order chi connectivity index (χ0) is 21.1. The Labute approximate surface area is 172 Å². The first kappa shape index (κ1) is 22.4. The Morgan fingerprint density at radius 3 is 2.07 bits per heavy atom. The van der Waals surface area contributed by atoms with E-state index in [4.69, 9.17) is 16.3 Å². The average Bonchev–Trinajstić information content (AvgIpc) is 2.59. The molecule has 0 bridgehead atoms. The van der Waals surface area contributed by atoms with Crippen LogP contribution in [0.25, 0.3) is 0 Å². The summed E-state index contributed by atoms with van der Waals surface area (Å²) in [4.78, 5) is 12.2. The van der Waals surface area contributed by atoms with Crippen molar-refractivity contribution in [1.29, 1.82) is 0 Å². The van der Waals surface area contributed by atoms with Gasteiger partial charge in [-0.3, -0.25) is 4.79 Å². The molecule has 0 aliphatic carbocycles. The molecule has 0 aromatic heterocycles. The Bertz CT molecular complexity index is 932. The fourth-order valence-electron chi connectivity index (χ4n) is 2.86. The number of carbonyl (C=O) groups is 1. The summed E-state index contributed by atoms with van der Waals surface area (Å²) in [5.74, 6) is -0.828. The van der Waals surface area contributed by atoms with Gasteiger partial charge in [0.15, 0.2) is 9.84 Å². The van der Waals surface area contributed by atoms with E-state index < -0.39 is 15.8 Å². The summed E-state index contributed by atoms with van der Waals surface area (Å²) in [6.45, 7) is 10.6. The zero-order valence-electron chi connectivity index (χ0n) is 17.0. The highest BCUT2D eigenvalue weighted by atomic mass is 35.5. The topological polar surface area (TPSA) is 60.4 Å². The minimum absolute atomic E-state index is 0.0424. The van der Waals surface area contributed by atoms with Crippen molar-refractivity contribution in [2.75, 3.05) is 5.75 Å². The lowest BCUT2D eigenvalue weighted by atomic mass is 9.84. The number of esters is 1. The summed E-state index contributed by atoms with van der Waals surface area (Å²) < 4.78 is 30.0. The lowest BCUT2D eigenvalue weighted by molar-refractivity contribution is -0.144. The van der Waals surface area contributed by atoms with Crippen LogP contribution in [-0.4, -0.2) is 20.1 Å². The van der Waals surface area contributed by atoms with Crippen LogP contribution < -0.4 is 0 Å². The summed E-state index contributed by atoms with van der Waals surface area (Å²) >= 11 is 5.78. The van der Waals surface area contributed by atoms with E-state index >= 15 is 0 Å². The lowest BCUT2D eigenvalue weighted by Crippen LogP contribution is -2.15. The maximum absolute atomic E-state index is 12.3. The summed E-state index contributed by atoms with van der Waals surface area (Å²) in [6, 6.07) is 10.1. The Morgan fingerprint density at radius 2 is 1.57 bits per heavy atom. The van der Waals surface area contributed by atoms with Gasteiger partial charge in [-0.25, -0.2) is 8.42 Å². The molecular weight excluding hydrogens is 396 g/mol. The number of hydrogen-bond acceptors (Lipinski definition) is 4. The number of carbonyl (C=O) groups excluding carboxylic acids is 1. The molecule has 4 nitrogen and oxygen atoms in total. The van der Waals surface area contributed by atoms with E-state index in [0.29, 0.717) is 5.02 Å². The summed E-state index contributed by atoms with van der Waals surface area (Å²) in [5, 5.41) is 0.460. The first-order valence-corrected chi connectivity index (χ1v) is 11.2. The van der Waals surface area contributed by atoms with E-state index in [0.717, 1.165) is 16.7 Å². The van der Waals surface area contributed by atoms with Crippen LogP contribution in [0.3, 0.4) is 0 Å². The van der Waals surface area contributed by atoms with Gasteiger partial charge in [0, 0.05) is 5.02 Å². The molecule has 0 unspecified atom stereocenters. The Balaban J connectivity index is 1.98. The quantitative estimate of drug-likeness (QED) is 0.603. The van der Waals surface area contributed by atoms with Gasteiger partial charge in [0.1, 0.15) is 6.61 Å². The molecule has 0 radical (unpaired) electrons. The standard InChI is InChI=1S/C22H27ClO4S/c1-15-12-17(22(3,4)5)13-16(2)20(15)14-27-21(24)10-11-28(25,26)19-8-6-18(23)7-9-19/h6-9,12-13H,10-11,14H2,1-5H3. The van der Waals surface area contributed by atoms with E-state index in [1.807, 2.05) is 13.8 Å². The SMILES string of the molecule is Cc1cc(C(C)(C)C)cc(C)c1COC(=O)CCS(=O)(=O)c1ccc(Cl)cc1. The monoisotopic (exact) mass is 422 g/mol. The van der Waals surface area contributed by atoms with Gasteiger partial charge < -0.3 is 4.74 Å². The van der Waals surface area contributed by atoms with Crippen LogP contribution in [-0.2, 0) is 31.4 Å². The van der Waals surface area contributed by atoms with E-state index in [1.165, 1.54) is 29.8 Å². The third-order valence-corrected chi connectivity index (χ3v) is 6.67. The van der Waals surface area contributed by atoms with Crippen molar-refractivity contribution >= 4 is 27.4 Å². The Hall–Kier alpha value is -1.85. The molecule has 0 saturated carbocycles. The molecule has 152 valence electrons. The third kappa shape index (κ3) is 5.82. The van der Waals surface area contributed by atoms with Crippen LogP contribution in [0.4, 0.5) is 0 Å². The van der Waals surface area contributed by atoms with Crippen LogP contribution in [0, 0.1) is 13.8 Å². The second-order valence-corrected chi connectivity index (χ2v) is 10.6. The Morgan fingerprint density at radius 1 is 1.04 bits per heavy atom. The minimum Gasteiger partial charge on any atom is -0.461 e. The number of hydrogen-bond donors (Lipinski definition) is 0. The first-order valence-electron chi connectivity index (χ1n) is 9.15. The molecule has 0 fully saturated rings. The summed E-state index contributed by atoms with van der Waals surface area (Å²) in [7, 11) is -3.55. The van der Waals surface area contributed by atoms with Crippen molar-refractivity contribution < 1.29 is 17.9 Å². The van der Waals surface area contributed by atoms with E-state index in [1.54, 1.807) is 0 Å². The van der Waals surface area contributed by atoms with E-state index in [9.17, 15) is 13.2 Å². The molecule has 28 heavy (non-hydrogen) atoms. The smallest absolute Gasteiger partial charge is 0.307 e. The van der Waals surface area contributed by atoms with Crippen molar-refractivity contribution in [3.05, 3.63) is 63.7 Å². The van der Waals surface area contributed by atoms with Crippen molar-refractivity contribution in [3.63, 3.8) is 0 Å². The minimum atomic E-state index is -3.55. The van der Waals surface area contributed by atoms with Gasteiger partial charge in [-0.05, 0) is 65.8 Å². The molecular formula is C22H27ClO4S. The number of ether oxygens (including phenoxy) is 1. The van der Waals surface area contributed by atoms with Crippen molar-refractivity contribution in [3.8, 4) is 0 Å². The van der Waals surface area contributed by atoms with Gasteiger partial charge in [0.2, 0.25) is 0 Å². The molecule has 2 rings (SSSR count). The molecule has 0 aliphatic rings. The van der Waals surface area contributed by atoms with Gasteiger partial charge in [0.25, 0.3) is 0 Å². The number of aryl methyl sites for hydroxylation is 2. The van der Waals surface area contributed by atoms with E-state index in [2.05, 4.69) is 32.9 Å².